The quantitative estimate of drug-likeness (QED) is 0.684. The van der Waals surface area contributed by atoms with Gasteiger partial charge < -0.3 is 4.98 Å². The Bertz CT molecular complexity index is 796. The number of H-pyrrole nitrogens is 1. The van der Waals surface area contributed by atoms with Crippen LogP contribution in [-0.4, -0.2) is 14.5 Å². The number of thiophene rings is 1. The van der Waals surface area contributed by atoms with Crippen molar-refractivity contribution in [3.8, 4) is 0 Å². The Hall–Kier alpha value is -1.46. The van der Waals surface area contributed by atoms with Gasteiger partial charge in [0.2, 0.25) is 0 Å². The number of hydrogen-bond acceptors (Lipinski definition) is 3. The summed E-state index contributed by atoms with van der Waals surface area (Å²) in [5.41, 5.74) is 3.42. The van der Waals surface area contributed by atoms with Gasteiger partial charge in [-0.15, -0.1) is 11.3 Å². The molecular formula is C14H13N3S2. The lowest BCUT2D eigenvalue weighted by atomic mass is 9.94. The highest BCUT2D eigenvalue weighted by molar-refractivity contribution is 7.71. The molecule has 96 valence electrons. The van der Waals surface area contributed by atoms with Gasteiger partial charge in [0.1, 0.15) is 0 Å². The highest BCUT2D eigenvalue weighted by Crippen LogP contribution is 2.37. The summed E-state index contributed by atoms with van der Waals surface area (Å²) in [7, 11) is 0. The van der Waals surface area contributed by atoms with E-state index in [0.29, 0.717) is 6.04 Å². The first kappa shape index (κ1) is 11.4. The van der Waals surface area contributed by atoms with Crippen molar-refractivity contribution in [2.75, 3.05) is 0 Å². The van der Waals surface area contributed by atoms with E-state index in [0.717, 1.165) is 22.4 Å². The van der Waals surface area contributed by atoms with Crippen molar-refractivity contribution in [3.05, 3.63) is 45.0 Å². The standard InChI is InChI=1S/C14H13N3S2/c18-14-16-10-3-2-7-15-13(10)17(14)11-4-1-5-12-9(11)6-8-19-12/h2-3,6-8,11H,1,4-5H2,(H,16,18). The third-order valence-electron chi connectivity index (χ3n) is 3.81. The Morgan fingerprint density at radius 2 is 2.37 bits per heavy atom. The highest BCUT2D eigenvalue weighted by Gasteiger charge is 2.24. The summed E-state index contributed by atoms with van der Waals surface area (Å²) >= 11 is 7.37. The zero-order valence-electron chi connectivity index (χ0n) is 10.3. The minimum Gasteiger partial charge on any atom is -0.329 e. The molecule has 0 saturated carbocycles. The van der Waals surface area contributed by atoms with Crippen molar-refractivity contribution in [2.45, 2.75) is 25.3 Å². The number of aromatic nitrogens is 3. The zero-order valence-corrected chi connectivity index (χ0v) is 11.9. The van der Waals surface area contributed by atoms with Crippen molar-refractivity contribution in [3.63, 3.8) is 0 Å². The number of aryl methyl sites for hydroxylation is 1. The molecule has 0 aromatic carbocycles. The van der Waals surface area contributed by atoms with Gasteiger partial charge in [0, 0.05) is 11.1 Å². The van der Waals surface area contributed by atoms with Crippen molar-refractivity contribution in [2.24, 2.45) is 0 Å². The zero-order chi connectivity index (χ0) is 12.8. The number of nitrogens with zero attached hydrogens (tertiary/aromatic N) is 2. The fraction of sp³-hybridized carbons (Fsp3) is 0.286. The smallest absolute Gasteiger partial charge is 0.179 e. The first-order valence-electron chi connectivity index (χ1n) is 6.46. The van der Waals surface area contributed by atoms with Crippen LogP contribution in [-0.2, 0) is 6.42 Å². The van der Waals surface area contributed by atoms with Crippen LogP contribution < -0.4 is 0 Å². The van der Waals surface area contributed by atoms with Gasteiger partial charge in [-0.1, -0.05) is 0 Å². The lowest BCUT2D eigenvalue weighted by Crippen LogP contribution is -2.16. The van der Waals surface area contributed by atoms with Crippen LogP contribution in [0.15, 0.2) is 29.8 Å². The minimum absolute atomic E-state index is 0.339. The van der Waals surface area contributed by atoms with Crippen LogP contribution in [0.3, 0.4) is 0 Å². The van der Waals surface area contributed by atoms with Crippen LogP contribution in [0.25, 0.3) is 11.2 Å². The lowest BCUT2D eigenvalue weighted by molar-refractivity contribution is 0.498. The Kier molecular flexibility index (Phi) is 2.56. The Morgan fingerprint density at radius 3 is 3.32 bits per heavy atom. The summed E-state index contributed by atoms with van der Waals surface area (Å²) in [6.45, 7) is 0. The second-order valence-electron chi connectivity index (χ2n) is 4.88. The van der Waals surface area contributed by atoms with E-state index >= 15 is 0 Å². The molecule has 0 fully saturated rings. The van der Waals surface area contributed by atoms with E-state index in [1.807, 2.05) is 29.7 Å². The van der Waals surface area contributed by atoms with E-state index in [-0.39, 0.29) is 0 Å². The minimum atomic E-state index is 0.339. The molecule has 0 radical (unpaired) electrons. The molecule has 0 saturated heterocycles. The van der Waals surface area contributed by atoms with Gasteiger partial charge in [0.25, 0.3) is 0 Å². The molecule has 0 bridgehead atoms. The summed E-state index contributed by atoms with van der Waals surface area (Å²) in [6.07, 6.45) is 5.40. The summed E-state index contributed by atoms with van der Waals surface area (Å²) < 4.78 is 2.97. The van der Waals surface area contributed by atoms with Crippen LogP contribution in [0.4, 0.5) is 0 Å². The molecule has 19 heavy (non-hydrogen) atoms. The average molecular weight is 287 g/mol. The predicted molar refractivity (Wildman–Crippen MR) is 80.3 cm³/mol. The van der Waals surface area contributed by atoms with E-state index < -0.39 is 0 Å². The number of nitrogens with one attached hydrogen (secondary N) is 1. The molecule has 0 spiro atoms. The Morgan fingerprint density at radius 1 is 1.42 bits per heavy atom. The largest absolute Gasteiger partial charge is 0.329 e. The topological polar surface area (TPSA) is 33.6 Å². The van der Waals surface area contributed by atoms with Crippen molar-refractivity contribution in [1.29, 1.82) is 0 Å². The molecule has 1 unspecified atom stereocenters. The second-order valence-corrected chi connectivity index (χ2v) is 6.27. The second kappa shape index (κ2) is 4.28. The maximum atomic E-state index is 5.51. The van der Waals surface area contributed by atoms with Crippen molar-refractivity contribution >= 4 is 34.7 Å². The summed E-state index contributed by atoms with van der Waals surface area (Å²) in [5.74, 6) is 0. The summed E-state index contributed by atoms with van der Waals surface area (Å²) in [5, 5.41) is 2.19. The van der Waals surface area contributed by atoms with E-state index in [4.69, 9.17) is 12.2 Å². The maximum Gasteiger partial charge on any atom is 0.179 e. The first-order valence-corrected chi connectivity index (χ1v) is 7.75. The van der Waals surface area contributed by atoms with E-state index in [1.54, 1.807) is 0 Å². The van der Waals surface area contributed by atoms with Crippen LogP contribution in [0.1, 0.15) is 29.3 Å². The van der Waals surface area contributed by atoms with Gasteiger partial charge in [-0.2, -0.15) is 0 Å². The summed E-state index contributed by atoms with van der Waals surface area (Å²) in [4.78, 5) is 9.27. The molecule has 4 rings (SSSR count). The van der Waals surface area contributed by atoms with E-state index in [2.05, 4.69) is 26.0 Å². The third-order valence-corrected chi connectivity index (χ3v) is 5.10. The first-order chi connectivity index (χ1) is 9.34. The molecule has 3 aromatic rings. The van der Waals surface area contributed by atoms with E-state index in [9.17, 15) is 0 Å². The molecular weight excluding hydrogens is 274 g/mol. The van der Waals surface area contributed by atoms with Gasteiger partial charge in [0.05, 0.1) is 11.6 Å². The van der Waals surface area contributed by atoms with Crippen LogP contribution in [0.5, 0.6) is 0 Å². The SMILES string of the molecule is S=c1[nH]c2cccnc2n1C1CCCc2sccc21. The molecule has 3 aromatic heterocycles. The lowest BCUT2D eigenvalue weighted by Gasteiger charge is -2.24. The third kappa shape index (κ3) is 1.69. The molecule has 0 aliphatic heterocycles. The normalized spacial score (nSPS) is 18.6. The number of hydrogen-bond donors (Lipinski definition) is 1. The van der Waals surface area contributed by atoms with E-state index in [1.165, 1.54) is 23.3 Å². The fourth-order valence-corrected chi connectivity index (χ4v) is 4.28. The Labute approximate surface area is 119 Å². The van der Waals surface area contributed by atoms with Gasteiger partial charge in [-0.05, 0) is 60.6 Å². The summed E-state index contributed by atoms with van der Waals surface area (Å²) in [6, 6.07) is 6.56. The molecule has 3 nitrogen and oxygen atoms in total. The number of imidazole rings is 1. The fourth-order valence-electron chi connectivity index (χ4n) is 2.98. The Balaban J connectivity index is 1.98. The van der Waals surface area contributed by atoms with Gasteiger partial charge in [-0.25, -0.2) is 4.98 Å². The molecule has 1 N–H and O–H groups in total. The maximum absolute atomic E-state index is 5.51. The van der Waals surface area contributed by atoms with Crippen LogP contribution in [0, 0.1) is 4.77 Å². The molecule has 0 amide bonds. The van der Waals surface area contributed by atoms with Gasteiger partial charge in [-0.3, -0.25) is 4.57 Å². The van der Waals surface area contributed by atoms with Crippen molar-refractivity contribution in [1.82, 2.24) is 14.5 Å². The highest BCUT2D eigenvalue weighted by atomic mass is 32.1. The number of fused-ring (bicyclic) bond motifs is 2. The van der Waals surface area contributed by atoms with Gasteiger partial charge >= 0.3 is 0 Å². The molecule has 5 heteroatoms. The molecule has 3 heterocycles. The number of rotatable bonds is 1. The van der Waals surface area contributed by atoms with Crippen LogP contribution in [0.2, 0.25) is 0 Å². The number of aromatic amines is 1. The molecule has 1 aliphatic carbocycles. The van der Waals surface area contributed by atoms with Gasteiger partial charge in [0.15, 0.2) is 10.4 Å². The number of pyridine rings is 1. The molecule has 1 atom stereocenters. The molecule has 1 aliphatic rings. The average Bonchev–Trinajstić information content (AvgIpc) is 3.01. The van der Waals surface area contributed by atoms with Crippen LogP contribution >= 0.6 is 23.6 Å². The van der Waals surface area contributed by atoms with Crippen molar-refractivity contribution < 1.29 is 0 Å². The predicted octanol–water partition coefficient (Wildman–Crippen LogP) is 4.08. The monoisotopic (exact) mass is 287 g/mol.